The Morgan fingerprint density at radius 1 is 0.550 bits per heavy atom. The number of nitrogens with one attached hydrogen (secondary N) is 2. The molecule has 0 bridgehead atoms. The second-order valence-corrected chi connectivity index (χ2v) is 21.8. The summed E-state index contributed by atoms with van der Waals surface area (Å²) in [7, 11) is 0. The number of aromatic amines is 2. The molecule has 12 nitrogen and oxygen atoms in total. The van der Waals surface area contributed by atoms with Crippen LogP contribution in [0.1, 0.15) is 96.6 Å². The topological polar surface area (TPSA) is 160 Å². The Morgan fingerprint density at radius 3 is 1.29 bits per heavy atom. The van der Waals surface area contributed by atoms with E-state index in [1.807, 2.05) is 24.3 Å². The van der Waals surface area contributed by atoms with Crippen molar-refractivity contribution < 1.29 is 65.1 Å². The smallest absolute Gasteiger partial charge is 0.389 e. The maximum atomic E-state index is 13.4. The van der Waals surface area contributed by atoms with E-state index in [2.05, 4.69) is 56.4 Å². The Labute approximate surface area is 458 Å². The number of rotatable bonds is 12. The molecule has 10 rings (SSSR count). The summed E-state index contributed by atoms with van der Waals surface area (Å²) in [4.78, 5) is 39.2. The molecule has 4 aromatic carbocycles. The minimum Gasteiger partial charge on any atom is -0.389 e. The number of hydrogen-bond acceptors (Lipinski definition) is 8. The third-order valence-corrected chi connectivity index (χ3v) is 16.6. The van der Waals surface area contributed by atoms with Gasteiger partial charge in [-0.3, -0.25) is 9.59 Å². The summed E-state index contributed by atoms with van der Waals surface area (Å²) >= 11 is 0. The number of alkyl halides is 6. The Morgan fingerprint density at radius 2 is 0.912 bits per heavy atom. The van der Waals surface area contributed by atoms with Crippen LogP contribution in [0.25, 0.3) is 34.0 Å². The number of piperidine rings is 4. The van der Waals surface area contributed by atoms with Gasteiger partial charge in [0.25, 0.3) is 0 Å². The van der Waals surface area contributed by atoms with E-state index in [-0.39, 0.29) is 62.9 Å². The molecule has 2 atom stereocenters. The lowest BCUT2D eigenvalue weighted by Crippen LogP contribution is -2.56. The molecule has 428 valence electrons. The lowest BCUT2D eigenvalue weighted by molar-refractivity contribution is -0.143. The molecule has 4 saturated heterocycles. The number of H-pyrrole nitrogens is 2. The van der Waals surface area contributed by atoms with Crippen molar-refractivity contribution in [1.82, 2.24) is 29.6 Å². The zero-order valence-electron chi connectivity index (χ0n) is 44.0. The van der Waals surface area contributed by atoms with Gasteiger partial charge in [0, 0.05) is 91.7 Å². The molecule has 20 heteroatoms. The fourth-order valence-corrected chi connectivity index (χ4v) is 11.7. The number of halogens is 8. The number of amides is 2. The highest BCUT2D eigenvalue weighted by Crippen LogP contribution is 2.39. The molecule has 0 radical (unpaired) electrons. The molecule has 0 saturated carbocycles. The summed E-state index contributed by atoms with van der Waals surface area (Å²) in [6.45, 7) is 4.68. The number of nitrogens with zero attached hydrogens (tertiary/aromatic N) is 4. The van der Waals surface area contributed by atoms with Crippen LogP contribution in [0.5, 0.6) is 0 Å². The van der Waals surface area contributed by atoms with Crippen LogP contribution >= 0.6 is 0 Å². The molecule has 2 unspecified atom stereocenters. The van der Waals surface area contributed by atoms with Crippen molar-refractivity contribution in [1.29, 1.82) is 0 Å². The Kier molecular flexibility index (Phi) is 17.7. The van der Waals surface area contributed by atoms with Gasteiger partial charge in [0.15, 0.2) is 0 Å². The number of hydrogen-bond donors (Lipinski definition) is 6. The fraction of sp³-hybridized carbons (Fsp3) is 0.433. The maximum Gasteiger partial charge on any atom is 0.416 e. The van der Waals surface area contributed by atoms with Crippen LogP contribution in [-0.2, 0) is 21.9 Å². The van der Waals surface area contributed by atoms with E-state index in [0.717, 1.165) is 93.2 Å². The van der Waals surface area contributed by atoms with Crippen molar-refractivity contribution in [2.45, 2.75) is 99.0 Å². The van der Waals surface area contributed by atoms with Gasteiger partial charge in [-0.15, -0.1) is 0 Å². The molecule has 4 aliphatic rings. The number of para-hydroxylation sites is 2. The molecule has 0 spiro atoms. The maximum absolute atomic E-state index is 13.4. The van der Waals surface area contributed by atoms with Gasteiger partial charge < -0.3 is 50.0 Å². The van der Waals surface area contributed by atoms with Crippen molar-refractivity contribution in [3.05, 3.63) is 154 Å². The predicted octanol–water partition coefficient (Wildman–Crippen LogP) is 9.87. The summed E-state index contributed by atoms with van der Waals surface area (Å²) in [5, 5.41) is 46.6. The number of aromatic nitrogens is 2. The minimum absolute atomic E-state index is 0.0297. The fourth-order valence-electron chi connectivity index (χ4n) is 11.7. The van der Waals surface area contributed by atoms with Crippen LogP contribution in [0.15, 0.2) is 109 Å². The molecule has 4 fully saturated rings. The lowest BCUT2D eigenvalue weighted by atomic mass is 9.84. The van der Waals surface area contributed by atoms with E-state index in [1.165, 1.54) is 39.0 Å². The van der Waals surface area contributed by atoms with Crippen LogP contribution in [0, 0.1) is 11.6 Å². The standard InChI is InChI=1S/C31H33F6N3O3.C29H33F2N3O3/c32-30(33,34)22-15-20(16-23(17-22)31(35,36)37)5-6-28(42)40-13-9-29(43,10-14-40)27(41)19-39-11-7-21(8-12-39)25-18-38-26-4-2-1-3-24(25)26;30-22-15-20(16-23(31)17-22)5-6-28(36)34-13-9-29(37,10-14-34)27(35)19-33-11-7-21(8-12-33)25-18-32-26-4-2-1-3-24(25)26/h1-6,15-18,21,27,38,41,43H,7-14,19H2;1-6,15-18,21,27,32,35,37H,7-14,19H2/b2*6-5+. The van der Waals surface area contributed by atoms with Gasteiger partial charge in [-0.05, 0) is 166 Å². The predicted molar refractivity (Wildman–Crippen MR) is 288 cm³/mol. The number of benzene rings is 4. The highest BCUT2D eigenvalue weighted by Gasteiger charge is 2.43. The van der Waals surface area contributed by atoms with Crippen LogP contribution in [0.2, 0.25) is 0 Å². The molecule has 0 aliphatic carbocycles. The van der Waals surface area contributed by atoms with E-state index in [9.17, 15) is 65.1 Å². The second-order valence-electron chi connectivity index (χ2n) is 21.8. The second kappa shape index (κ2) is 24.4. The van der Waals surface area contributed by atoms with E-state index >= 15 is 0 Å². The third kappa shape index (κ3) is 14.0. The van der Waals surface area contributed by atoms with Crippen molar-refractivity contribution in [3.63, 3.8) is 0 Å². The first-order valence-corrected chi connectivity index (χ1v) is 27.1. The molecular formula is C60H66F8N6O6. The monoisotopic (exact) mass is 1120 g/mol. The van der Waals surface area contributed by atoms with Crippen molar-refractivity contribution in [3.8, 4) is 0 Å². The average Bonchev–Trinajstić information content (AvgIpc) is 4.09. The van der Waals surface area contributed by atoms with Gasteiger partial charge in [-0.1, -0.05) is 36.4 Å². The van der Waals surface area contributed by atoms with Gasteiger partial charge in [0.2, 0.25) is 11.8 Å². The summed E-state index contributed by atoms with van der Waals surface area (Å²) < 4.78 is 105. The summed E-state index contributed by atoms with van der Waals surface area (Å²) in [5.41, 5.74) is -0.850. The number of β-amino-alcohol motifs (C(OH)–C–C–N with tert-alkyl or cyclic N) is 2. The number of fused-ring (bicyclic) bond motifs is 2. The van der Waals surface area contributed by atoms with E-state index in [4.69, 9.17) is 0 Å². The van der Waals surface area contributed by atoms with Gasteiger partial charge in [0.1, 0.15) is 11.6 Å². The minimum atomic E-state index is -4.99. The first-order valence-electron chi connectivity index (χ1n) is 27.1. The van der Waals surface area contributed by atoms with Crippen LogP contribution in [0.4, 0.5) is 35.1 Å². The van der Waals surface area contributed by atoms with Gasteiger partial charge in [-0.25, -0.2) is 8.78 Å². The van der Waals surface area contributed by atoms with Crippen LogP contribution in [0.3, 0.4) is 0 Å². The summed E-state index contributed by atoms with van der Waals surface area (Å²) in [6, 6.07) is 20.7. The zero-order chi connectivity index (χ0) is 57.0. The normalized spacial score (nSPS) is 19.9. The molecule has 6 heterocycles. The van der Waals surface area contributed by atoms with Crippen molar-refractivity contribution in [2.24, 2.45) is 0 Å². The molecule has 6 N–H and O–H groups in total. The number of aliphatic hydroxyl groups is 4. The van der Waals surface area contributed by atoms with Crippen LogP contribution in [-0.4, -0.2) is 151 Å². The largest absolute Gasteiger partial charge is 0.416 e. The van der Waals surface area contributed by atoms with E-state index in [0.29, 0.717) is 43.6 Å². The van der Waals surface area contributed by atoms with Crippen molar-refractivity contribution >= 4 is 45.8 Å². The molecule has 6 aromatic rings. The third-order valence-electron chi connectivity index (χ3n) is 16.6. The average molecular weight is 1120 g/mol. The Hall–Kier alpha value is -6.42. The highest BCUT2D eigenvalue weighted by atomic mass is 19.4. The quantitative estimate of drug-likeness (QED) is 0.0522. The number of aliphatic hydroxyl groups excluding tert-OH is 2. The molecular weight excluding hydrogens is 1050 g/mol. The SMILES string of the molecule is O=C(/C=C/c1cc(C(F)(F)F)cc(C(F)(F)F)c1)N1CCC(O)(C(O)CN2CCC(c3c[nH]c4ccccc34)CC2)CC1.O=C(/C=C/c1cc(F)cc(F)c1)N1CCC(O)(C(O)CN2CCC(c3c[nH]c4ccccc34)CC2)CC1. The first kappa shape index (κ1) is 58.2. The molecule has 2 aromatic heterocycles. The number of carbonyl (C=O) groups is 2. The Balaban J connectivity index is 0.000000196. The lowest BCUT2D eigenvalue weighted by Gasteiger charge is -2.43. The highest BCUT2D eigenvalue weighted by molar-refractivity contribution is 5.92. The Bertz CT molecular complexity index is 3110. The molecule has 4 aliphatic heterocycles. The van der Waals surface area contributed by atoms with Gasteiger partial charge in [-0.2, -0.15) is 26.3 Å². The van der Waals surface area contributed by atoms with E-state index in [1.54, 1.807) is 4.90 Å². The molecule has 80 heavy (non-hydrogen) atoms. The first-order chi connectivity index (χ1) is 38.0. The number of carbonyl (C=O) groups excluding carboxylic acids is 2. The van der Waals surface area contributed by atoms with Gasteiger partial charge in [0.05, 0.1) is 34.5 Å². The van der Waals surface area contributed by atoms with Crippen LogP contribution < -0.4 is 0 Å². The molecule has 2 amide bonds. The number of likely N-dealkylation sites (tertiary alicyclic amines) is 4. The van der Waals surface area contributed by atoms with Gasteiger partial charge >= 0.3 is 12.4 Å². The summed E-state index contributed by atoms with van der Waals surface area (Å²) in [6.07, 6.45) is 1.30. The zero-order valence-corrected chi connectivity index (χ0v) is 44.0. The van der Waals surface area contributed by atoms with Crippen molar-refractivity contribution in [2.75, 3.05) is 65.4 Å². The van der Waals surface area contributed by atoms with E-state index < -0.39 is 70.0 Å². The summed E-state index contributed by atoms with van der Waals surface area (Å²) in [5.74, 6) is -1.44.